The highest BCUT2D eigenvalue weighted by molar-refractivity contribution is 9.10. The van der Waals surface area contributed by atoms with E-state index in [9.17, 15) is 9.59 Å². The predicted molar refractivity (Wildman–Crippen MR) is 108 cm³/mol. The zero-order valence-electron chi connectivity index (χ0n) is 14.4. The van der Waals surface area contributed by atoms with Gasteiger partial charge in [0.25, 0.3) is 11.1 Å². The zero-order chi connectivity index (χ0) is 19.4. The van der Waals surface area contributed by atoms with E-state index >= 15 is 0 Å². The lowest BCUT2D eigenvalue weighted by atomic mass is 10.1. The van der Waals surface area contributed by atoms with E-state index in [1.807, 2.05) is 37.3 Å². The summed E-state index contributed by atoms with van der Waals surface area (Å²) in [5.41, 5.74) is 2.59. The van der Waals surface area contributed by atoms with Crippen LogP contribution < -0.4 is 4.74 Å². The van der Waals surface area contributed by atoms with Crippen LogP contribution in [0.2, 0.25) is 0 Å². The highest BCUT2D eigenvalue weighted by Crippen LogP contribution is 2.35. The third-order valence-electron chi connectivity index (χ3n) is 4.01. The normalized spacial score (nSPS) is 15.3. The zero-order valence-corrected chi connectivity index (χ0v) is 16.8. The van der Waals surface area contributed by atoms with Gasteiger partial charge in [0.1, 0.15) is 11.8 Å². The molecular formula is C20H15BrN2O3S. The number of benzene rings is 2. The Labute approximate surface area is 169 Å². The van der Waals surface area contributed by atoms with Crippen LogP contribution in [0.1, 0.15) is 16.7 Å². The molecule has 0 atom stereocenters. The van der Waals surface area contributed by atoms with E-state index in [0.717, 1.165) is 27.4 Å². The number of hydrogen-bond donors (Lipinski definition) is 0. The first-order chi connectivity index (χ1) is 13.0. The molecule has 2 amide bonds. The van der Waals surface area contributed by atoms with Gasteiger partial charge < -0.3 is 4.74 Å². The van der Waals surface area contributed by atoms with E-state index in [0.29, 0.717) is 16.2 Å². The Morgan fingerprint density at radius 3 is 2.78 bits per heavy atom. The fraction of sp³-hybridized carbons (Fsp3) is 0.150. The Bertz CT molecular complexity index is 981. The van der Waals surface area contributed by atoms with Crippen molar-refractivity contribution in [2.45, 2.75) is 13.5 Å². The summed E-state index contributed by atoms with van der Waals surface area (Å²) in [6.07, 6.45) is 1.63. The molecule has 0 spiro atoms. The number of halogens is 1. The summed E-state index contributed by atoms with van der Waals surface area (Å²) in [7, 11) is 0. The maximum absolute atomic E-state index is 12.8. The van der Waals surface area contributed by atoms with Crippen molar-refractivity contribution in [3.63, 3.8) is 0 Å². The SMILES string of the molecule is Cc1ccccc1CN1C(=O)S/C(=C\c2cc(Br)ccc2OCC#N)C1=O. The van der Waals surface area contributed by atoms with Crippen LogP contribution >= 0.6 is 27.7 Å². The van der Waals surface area contributed by atoms with Crippen LogP contribution in [0.15, 0.2) is 51.8 Å². The van der Waals surface area contributed by atoms with Gasteiger partial charge in [-0.2, -0.15) is 5.26 Å². The first-order valence-electron chi connectivity index (χ1n) is 8.09. The number of imide groups is 1. The molecule has 3 rings (SSSR count). The fourth-order valence-electron chi connectivity index (χ4n) is 2.61. The maximum Gasteiger partial charge on any atom is 0.293 e. The van der Waals surface area contributed by atoms with Crippen LogP contribution in [-0.2, 0) is 11.3 Å². The molecule has 5 nitrogen and oxygen atoms in total. The standard InChI is InChI=1S/C20H15BrN2O3S/c1-13-4-2-3-5-14(13)12-23-19(24)18(27-20(23)25)11-15-10-16(21)6-7-17(15)26-9-8-22/h2-7,10-11H,9,12H2,1H3/b18-11-. The monoisotopic (exact) mass is 442 g/mol. The van der Waals surface area contributed by atoms with Crippen molar-refractivity contribution in [3.8, 4) is 11.8 Å². The molecule has 1 aliphatic rings. The lowest BCUT2D eigenvalue weighted by Gasteiger charge is -2.14. The third-order valence-corrected chi connectivity index (χ3v) is 5.41. The summed E-state index contributed by atoms with van der Waals surface area (Å²) in [6, 6.07) is 14.9. The predicted octanol–water partition coefficient (Wildman–Crippen LogP) is 4.90. The molecule has 0 aromatic heterocycles. The molecule has 1 fully saturated rings. The van der Waals surface area contributed by atoms with Crippen molar-refractivity contribution in [2.75, 3.05) is 6.61 Å². The van der Waals surface area contributed by atoms with Crippen molar-refractivity contribution in [1.82, 2.24) is 4.90 Å². The van der Waals surface area contributed by atoms with Crippen LogP contribution in [0.5, 0.6) is 5.75 Å². The molecule has 0 aliphatic carbocycles. The molecule has 27 heavy (non-hydrogen) atoms. The van der Waals surface area contributed by atoms with Gasteiger partial charge in [-0.15, -0.1) is 0 Å². The average Bonchev–Trinajstić information content (AvgIpc) is 2.90. The number of hydrogen-bond acceptors (Lipinski definition) is 5. The van der Waals surface area contributed by atoms with Gasteiger partial charge in [0.15, 0.2) is 6.61 Å². The number of carbonyl (C=O) groups excluding carboxylic acids is 2. The van der Waals surface area contributed by atoms with Crippen molar-refractivity contribution >= 4 is 44.9 Å². The minimum Gasteiger partial charge on any atom is -0.478 e. The van der Waals surface area contributed by atoms with E-state index in [-0.39, 0.29) is 24.3 Å². The number of thioether (sulfide) groups is 1. The van der Waals surface area contributed by atoms with Crippen LogP contribution in [0, 0.1) is 18.3 Å². The Balaban J connectivity index is 1.88. The van der Waals surface area contributed by atoms with Crippen LogP contribution in [0.4, 0.5) is 4.79 Å². The second-order valence-electron chi connectivity index (χ2n) is 5.82. The molecule has 1 aliphatic heterocycles. The minimum absolute atomic E-state index is 0.1000. The molecule has 2 aromatic rings. The van der Waals surface area contributed by atoms with E-state index in [1.165, 1.54) is 4.90 Å². The second-order valence-corrected chi connectivity index (χ2v) is 7.73. The van der Waals surface area contributed by atoms with Crippen molar-refractivity contribution in [1.29, 1.82) is 5.26 Å². The highest BCUT2D eigenvalue weighted by atomic mass is 79.9. The summed E-state index contributed by atoms with van der Waals surface area (Å²) < 4.78 is 6.21. The first kappa shape index (κ1) is 19.2. The quantitative estimate of drug-likeness (QED) is 0.615. The van der Waals surface area contributed by atoms with Gasteiger partial charge in [-0.05, 0) is 54.1 Å². The van der Waals surface area contributed by atoms with Crippen molar-refractivity contribution in [2.24, 2.45) is 0 Å². The first-order valence-corrected chi connectivity index (χ1v) is 9.69. The van der Waals surface area contributed by atoms with Gasteiger partial charge in [-0.3, -0.25) is 14.5 Å². The van der Waals surface area contributed by atoms with E-state index in [4.69, 9.17) is 10.00 Å². The number of aryl methyl sites for hydroxylation is 1. The largest absolute Gasteiger partial charge is 0.478 e. The highest BCUT2D eigenvalue weighted by Gasteiger charge is 2.35. The molecule has 0 unspecified atom stereocenters. The summed E-state index contributed by atoms with van der Waals surface area (Å²) in [5.74, 6) is 0.143. The molecule has 1 heterocycles. The molecule has 0 saturated carbocycles. The number of carbonyl (C=O) groups is 2. The Morgan fingerprint density at radius 2 is 2.04 bits per heavy atom. The maximum atomic E-state index is 12.8. The lowest BCUT2D eigenvalue weighted by molar-refractivity contribution is -0.123. The Morgan fingerprint density at radius 1 is 1.26 bits per heavy atom. The van der Waals surface area contributed by atoms with Gasteiger partial charge in [-0.25, -0.2) is 0 Å². The number of ether oxygens (including phenoxy) is 1. The van der Waals surface area contributed by atoms with E-state index in [2.05, 4.69) is 15.9 Å². The van der Waals surface area contributed by atoms with Crippen LogP contribution in [0.3, 0.4) is 0 Å². The number of rotatable bonds is 5. The molecule has 0 bridgehead atoms. The van der Waals surface area contributed by atoms with Gasteiger partial charge in [0.05, 0.1) is 11.4 Å². The summed E-state index contributed by atoms with van der Waals surface area (Å²) >= 11 is 4.29. The van der Waals surface area contributed by atoms with Crippen molar-refractivity contribution in [3.05, 3.63) is 68.5 Å². The number of amides is 2. The smallest absolute Gasteiger partial charge is 0.293 e. The summed E-state index contributed by atoms with van der Waals surface area (Å²) in [4.78, 5) is 26.7. The van der Waals surface area contributed by atoms with Crippen LogP contribution in [-0.4, -0.2) is 22.7 Å². The van der Waals surface area contributed by atoms with Crippen molar-refractivity contribution < 1.29 is 14.3 Å². The van der Waals surface area contributed by atoms with E-state index in [1.54, 1.807) is 24.3 Å². The molecule has 0 N–H and O–H groups in total. The Kier molecular flexibility index (Phi) is 5.99. The average molecular weight is 443 g/mol. The van der Waals surface area contributed by atoms with E-state index < -0.39 is 0 Å². The van der Waals surface area contributed by atoms with Crippen LogP contribution in [0.25, 0.3) is 6.08 Å². The van der Waals surface area contributed by atoms with Gasteiger partial charge in [0, 0.05) is 10.0 Å². The van der Waals surface area contributed by atoms with Gasteiger partial charge in [0.2, 0.25) is 0 Å². The second kappa shape index (κ2) is 8.42. The summed E-state index contributed by atoms with van der Waals surface area (Å²) in [5, 5.41) is 8.42. The molecule has 136 valence electrons. The topological polar surface area (TPSA) is 70.4 Å². The number of nitriles is 1. The lowest BCUT2D eigenvalue weighted by Crippen LogP contribution is -2.27. The van der Waals surface area contributed by atoms with Gasteiger partial charge >= 0.3 is 0 Å². The third kappa shape index (κ3) is 4.41. The van der Waals surface area contributed by atoms with Gasteiger partial charge in [-0.1, -0.05) is 40.2 Å². The molecule has 0 radical (unpaired) electrons. The minimum atomic E-state index is -0.334. The molecule has 1 saturated heterocycles. The molecule has 7 heteroatoms. The fourth-order valence-corrected chi connectivity index (χ4v) is 3.82. The Hall–Kier alpha value is -2.56. The molecular weight excluding hydrogens is 428 g/mol. The number of nitrogens with zero attached hydrogens (tertiary/aromatic N) is 2. The molecule has 2 aromatic carbocycles. The summed E-state index contributed by atoms with van der Waals surface area (Å²) in [6.45, 7) is 2.09.